The maximum absolute atomic E-state index is 12.4. The average Bonchev–Trinajstić information content (AvgIpc) is 2.25. The van der Waals surface area contributed by atoms with Crippen LogP contribution in [0.2, 0.25) is 0 Å². The van der Waals surface area contributed by atoms with Crippen LogP contribution in [0.15, 0.2) is 0 Å². The summed E-state index contributed by atoms with van der Waals surface area (Å²) in [5, 5.41) is 3.31. The Bertz CT molecular complexity index is 421. The van der Waals surface area contributed by atoms with Crippen LogP contribution in [0.25, 0.3) is 0 Å². The van der Waals surface area contributed by atoms with Gasteiger partial charge in [0.25, 0.3) is 0 Å². The van der Waals surface area contributed by atoms with Gasteiger partial charge in [-0.25, -0.2) is 9.97 Å². The van der Waals surface area contributed by atoms with Crippen molar-refractivity contribution in [3.63, 3.8) is 0 Å². The SMILES string of the molecule is CCCNCC(C)c1c(C)nc(CC(F)(F)F)nc1C. The lowest BCUT2D eigenvalue weighted by Gasteiger charge is -2.18. The van der Waals surface area contributed by atoms with E-state index >= 15 is 0 Å². The number of aryl methyl sites for hydroxylation is 2. The zero-order valence-electron chi connectivity index (χ0n) is 12.4. The van der Waals surface area contributed by atoms with Crippen molar-refractivity contribution < 1.29 is 13.2 Å². The van der Waals surface area contributed by atoms with Crippen molar-refractivity contribution in [2.45, 2.75) is 52.6 Å². The molecule has 0 aliphatic heterocycles. The monoisotopic (exact) mass is 289 g/mol. The Morgan fingerprint density at radius 3 is 2.15 bits per heavy atom. The highest BCUT2D eigenvalue weighted by Gasteiger charge is 2.30. The molecule has 1 unspecified atom stereocenters. The van der Waals surface area contributed by atoms with Crippen LogP contribution in [0, 0.1) is 13.8 Å². The molecule has 1 aromatic rings. The lowest BCUT2D eigenvalue weighted by molar-refractivity contribution is -0.128. The number of nitrogens with zero attached hydrogens (tertiary/aromatic N) is 2. The van der Waals surface area contributed by atoms with E-state index < -0.39 is 12.6 Å². The Morgan fingerprint density at radius 2 is 1.70 bits per heavy atom. The van der Waals surface area contributed by atoms with Gasteiger partial charge >= 0.3 is 6.18 Å². The summed E-state index contributed by atoms with van der Waals surface area (Å²) in [5.41, 5.74) is 2.23. The Morgan fingerprint density at radius 1 is 1.15 bits per heavy atom. The first kappa shape index (κ1) is 16.9. The van der Waals surface area contributed by atoms with Gasteiger partial charge in [-0.1, -0.05) is 13.8 Å². The van der Waals surface area contributed by atoms with Crippen LogP contribution in [0.5, 0.6) is 0 Å². The Labute approximate surface area is 118 Å². The zero-order chi connectivity index (χ0) is 15.3. The maximum atomic E-state index is 12.4. The number of hydrogen-bond acceptors (Lipinski definition) is 3. The molecule has 0 amide bonds. The predicted octanol–water partition coefficient (Wildman–Crippen LogP) is 3.30. The molecule has 0 radical (unpaired) electrons. The van der Waals surface area contributed by atoms with Crippen molar-refractivity contribution >= 4 is 0 Å². The van der Waals surface area contributed by atoms with E-state index in [-0.39, 0.29) is 11.7 Å². The fourth-order valence-electron chi connectivity index (χ4n) is 2.36. The molecule has 1 N–H and O–H groups in total. The van der Waals surface area contributed by atoms with Gasteiger partial charge in [-0.3, -0.25) is 0 Å². The van der Waals surface area contributed by atoms with E-state index in [0.29, 0.717) is 11.4 Å². The summed E-state index contributed by atoms with van der Waals surface area (Å²) in [6, 6.07) is 0. The summed E-state index contributed by atoms with van der Waals surface area (Å²) in [7, 11) is 0. The van der Waals surface area contributed by atoms with Gasteiger partial charge in [-0.2, -0.15) is 13.2 Å². The molecule has 0 bridgehead atoms. The molecule has 20 heavy (non-hydrogen) atoms. The Balaban J connectivity index is 2.88. The summed E-state index contributed by atoms with van der Waals surface area (Å²) in [6.45, 7) is 9.32. The van der Waals surface area contributed by atoms with E-state index in [1.807, 2.05) is 6.92 Å². The van der Waals surface area contributed by atoms with Crippen molar-refractivity contribution in [2.24, 2.45) is 0 Å². The summed E-state index contributed by atoms with van der Waals surface area (Å²) >= 11 is 0. The van der Waals surface area contributed by atoms with Crippen LogP contribution in [-0.4, -0.2) is 29.2 Å². The number of alkyl halides is 3. The third-order valence-electron chi connectivity index (χ3n) is 3.10. The number of halogens is 3. The summed E-state index contributed by atoms with van der Waals surface area (Å²) < 4.78 is 37.1. The molecule has 114 valence electrons. The molecule has 0 spiro atoms. The number of nitrogens with one attached hydrogen (secondary N) is 1. The molecule has 0 aliphatic rings. The van der Waals surface area contributed by atoms with Crippen molar-refractivity contribution in [1.29, 1.82) is 0 Å². The fraction of sp³-hybridized carbons (Fsp3) is 0.714. The number of aromatic nitrogens is 2. The molecule has 0 aliphatic carbocycles. The minimum atomic E-state index is -4.27. The van der Waals surface area contributed by atoms with Gasteiger partial charge in [0.1, 0.15) is 12.2 Å². The molecule has 6 heteroatoms. The van der Waals surface area contributed by atoms with E-state index in [2.05, 4.69) is 22.2 Å². The van der Waals surface area contributed by atoms with Crippen molar-refractivity contribution in [3.8, 4) is 0 Å². The highest BCUT2D eigenvalue weighted by atomic mass is 19.4. The summed E-state index contributed by atoms with van der Waals surface area (Å²) in [6.07, 6.45) is -4.29. The molecule has 1 aromatic heterocycles. The number of hydrogen-bond donors (Lipinski definition) is 1. The second kappa shape index (κ2) is 7.02. The Hall–Kier alpha value is -1.17. The molecule has 1 rings (SSSR count). The highest BCUT2D eigenvalue weighted by Crippen LogP contribution is 2.24. The topological polar surface area (TPSA) is 37.8 Å². The first-order valence-corrected chi connectivity index (χ1v) is 6.86. The molecule has 3 nitrogen and oxygen atoms in total. The minimum Gasteiger partial charge on any atom is -0.316 e. The van der Waals surface area contributed by atoms with E-state index in [0.717, 1.165) is 25.1 Å². The molecule has 1 atom stereocenters. The quantitative estimate of drug-likeness (QED) is 0.817. The predicted molar refractivity (Wildman–Crippen MR) is 72.8 cm³/mol. The molecule has 1 heterocycles. The van der Waals surface area contributed by atoms with Crippen molar-refractivity contribution in [3.05, 3.63) is 22.8 Å². The molecule has 0 saturated carbocycles. The van der Waals surface area contributed by atoms with Gasteiger partial charge in [0.15, 0.2) is 0 Å². The van der Waals surface area contributed by atoms with Gasteiger partial charge in [-0.15, -0.1) is 0 Å². The van der Waals surface area contributed by atoms with Gasteiger partial charge < -0.3 is 5.32 Å². The van der Waals surface area contributed by atoms with E-state index in [4.69, 9.17) is 0 Å². The lowest BCUT2D eigenvalue weighted by Crippen LogP contribution is -2.23. The largest absolute Gasteiger partial charge is 0.396 e. The van der Waals surface area contributed by atoms with Gasteiger partial charge in [-0.05, 0) is 38.3 Å². The minimum absolute atomic E-state index is 0.148. The maximum Gasteiger partial charge on any atom is 0.396 e. The van der Waals surface area contributed by atoms with Crippen LogP contribution in [0.1, 0.15) is 49.0 Å². The molecule has 0 fully saturated rings. The third-order valence-corrected chi connectivity index (χ3v) is 3.10. The highest BCUT2D eigenvalue weighted by molar-refractivity contribution is 5.28. The second-order valence-electron chi connectivity index (χ2n) is 5.12. The smallest absolute Gasteiger partial charge is 0.316 e. The fourth-order valence-corrected chi connectivity index (χ4v) is 2.36. The molecular weight excluding hydrogens is 267 g/mol. The summed E-state index contributed by atoms with van der Waals surface area (Å²) in [5.74, 6) is 0.0338. The molecule has 0 saturated heterocycles. The van der Waals surface area contributed by atoms with Crippen LogP contribution in [0.3, 0.4) is 0 Å². The van der Waals surface area contributed by atoms with Crippen molar-refractivity contribution in [1.82, 2.24) is 15.3 Å². The van der Waals surface area contributed by atoms with E-state index in [9.17, 15) is 13.2 Å². The molecule has 0 aromatic carbocycles. The van der Waals surface area contributed by atoms with E-state index in [1.165, 1.54) is 0 Å². The normalized spacial score (nSPS) is 13.6. The number of rotatable bonds is 6. The first-order valence-electron chi connectivity index (χ1n) is 6.86. The molecular formula is C14H22F3N3. The first-order chi connectivity index (χ1) is 9.24. The van der Waals surface area contributed by atoms with Crippen LogP contribution >= 0.6 is 0 Å². The van der Waals surface area contributed by atoms with Crippen LogP contribution in [-0.2, 0) is 6.42 Å². The van der Waals surface area contributed by atoms with Crippen LogP contribution < -0.4 is 5.32 Å². The lowest BCUT2D eigenvalue weighted by atomic mass is 9.98. The Kier molecular flexibility index (Phi) is 5.92. The van der Waals surface area contributed by atoms with E-state index in [1.54, 1.807) is 13.8 Å². The third kappa shape index (κ3) is 5.07. The van der Waals surface area contributed by atoms with Crippen molar-refractivity contribution in [2.75, 3.05) is 13.1 Å². The average molecular weight is 289 g/mol. The van der Waals surface area contributed by atoms with Gasteiger partial charge in [0.05, 0.1) is 0 Å². The van der Waals surface area contributed by atoms with Gasteiger partial charge in [0.2, 0.25) is 0 Å². The van der Waals surface area contributed by atoms with Crippen LogP contribution in [0.4, 0.5) is 13.2 Å². The summed E-state index contributed by atoms with van der Waals surface area (Å²) in [4.78, 5) is 8.02. The standard InChI is InChI=1S/C14H22F3N3/c1-5-6-18-8-9(2)13-10(3)19-12(20-11(13)4)7-14(15,16)17/h9,18H,5-8H2,1-4H3. The second-order valence-corrected chi connectivity index (χ2v) is 5.12. The van der Waals surface area contributed by atoms with Gasteiger partial charge in [0, 0.05) is 17.9 Å². The zero-order valence-corrected chi connectivity index (χ0v) is 12.4.